The molecule has 0 saturated carbocycles. The van der Waals surface area contributed by atoms with Gasteiger partial charge in [0.25, 0.3) is 5.56 Å². The molecule has 1 heterocycles. The number of unbranched alkanes of at least 4 members (excludes halogenated alkanes) is 1. The van der Waals surface area contributed by atoms with Gasteiger partial charge in [-0.25, -0.2) is 9.36 Å². The van der Waals surface area contributed by atoms with Crippen LogP contribution in [0, 0.1) is 6.92 Å². The fourth-order valence-electron chi connectivity index (χ4n) is 4.18. The van der Waals surface area contributed by atoms with Crippen molar-refractivity contribution in [3.63, 3.8) is 0 Å². The third-order valence-electron chi connectivity index (χ3n) is 6.07. The largest absolute Gasteiger partial charge is 0.355 e. The van der Waals surface area contributed by atoms with Crippen LogP contribution in [0.1, 0.15) is 30.9 Å². The highest BCUT2D eigenvalue weighted by Gasteiger charge is 2.16. The molecule has 0 fully saturated rings. The summed E-state index contributed by atoms with van der Waals surface area (Å²) in [6.07, 6.45) is 1.93. The lowest BCUT2D eigenvalue weighted by Crippen LogP contribution is -2.42. The highest BCUT2D eigenvalue weighted by atomic mass is 16.2. The molecule has 0 aliphatic rings. The van der Waals surface area contributed by atoms with Crippen molar-refractivity contribution in [2.24, 2.45) is 0 Å². The number of carbonyl (C=O) groups is 2. The van der Waals surface area contributed by atoms with Crippen LogP contribution in [0.15, 0.2) is 82.4 Å². The zero-order valence-corrected chi connectivity index (χ0v) is 21.0. The number of benzene rings is 3. The Labute approximate surface area is 214 Å². The van der Waals surface area contributed by atoms with E-state index < -0.39 is 11.2 Å². The van der Waals surface area contributed by atoms with Crippen LogP contribution in [-0.4, -0.2) is 27.5 Å². The number of amides is 2. The Hall–Kier alpha value is -4.46. The van der Waals surface area contributed by atoms with E-state index in [1.165, 1.54) is 4.57 Å². The monoisotopic (exact) mass is 498 g/mol. The zero-order valence-electron chi connectivity index (χ0n) is 21.0. The number of hydrogen-bond acceptors (Lipinski definition) is 4. The molecule has 0 radical (unpaired) electrons. The van der Waals surface area contributed by atoms with Gasteiger partial charge in [-0.15, -0.1) is 0 Å². The maximum atomic E-state index is 13.4. The predicted octanol–water partition coefficient (Wildman–Crippen LogP) is 3.56. The lowest BCUT2D eigenvalue weighted by atomic mass is 10.1. The molecule has 4 aromatic rings. The summed E-state index contributed by atoms with van der Waals surface area (Å²) in [5.74, 6) is -0.460. The molecule has 2 amide bonds. The second-order valence-corrected chi connectivity index (χ2v) is 8.99. The Morgan fingerprint density at radius 2 is 1.65 bits per heavy atom. The van der Waals surface area contributed by atoms with Gasteiger partial charge < -0.3 is 10.6 Å². The second kappa shape index (κ2) is 11.5. The van der Waals surface area contributed by atoms with Gasteiger partial charge in [-0.3, -0.25) is 19.0 Å². The van der Waals surface area contributed by atoms with E-state index in [4.69, 9.17) is 0 Å². The summed E-state index contributed by atoms with van der Waals surface area (Å²) in [5.41, 5.74) is 2.22. The number of nitrogens with one attached hydrogen (secondary N) is 2. The van der Waals surface area contributed by atoms with Crippen molar-refractivity contribution >= 4 is 28.4 Å². The highest BCUT2D eigenvalue weighted by Crippen LogP contribution is 2.13. The fourth-order valence-corrected chi connectivity index (χ4v) is 4.18. The van der Waals surface area contributed by atoms with Crippen LogP contribution in [0.2, 0.25) is 0 Å². The van der Waals surface area contributed by atoms with Gasteiger partial charge in [0.05, 0.1) is 23.0 Å². The molecule has 37 heavy (non-hydrogen) atoms. The van der Waals surface area contributed by atoms with Gasteiger partial charge in [0, 0.05) is 12.2 Å². The Kier molecular flexibility index (Phi) is 7.98. The van der Waals surface area contributed by atoms with Crippen molar-refractivity contribution in [1.82, 2.24) is 14.5 Å². The highest BCUT2D eigenvalue weighted by molar-refractivity contribution is 5.92. The summed E-state index contributed by atoms with van der Waals surface area (Å²) >= 11 is 0. The molecule has 0 bridgehead atoms. The maximum Gasteiger partial charge on any atom is 0.336 e. The molecule has 2 N–H and O–H groups in total. The number of aromatic nitrogens is 2. The smallest absolute Gasteiger partial charge is 0.336 e. The first-order valence-corrected chi connectivity index (χ1v) is 12.3. The van der Waals surface area contributed by atoms with Crippen molar-refractivity contribution in [2.45, 2.75) is 39.7 Å². The van der Waals surface area contributed by atoms with E-state index in [2.05, 4.69) is 10.6 Å². The lowest BCUT2D eigenvalue weighted by Gasteiger charge is -2.14. The van der Waals surface area contributed by atoms with Crippen molar-refractivity contribution in [3.05, 3.63) is 105 Å². The SMILES string of the molecule is CCCCNC(=O)Cn1c(=O)n(-c2ccc(CC(=O)Nc3cccc(C)c3)cc2)c(=O)c2ccccc21. The van der Waals surface area contributed by atoms with Crippen molar-refractivity contribution in [1.29, 1.82) is 0 Å². The third-order valence-corrected chi connectivity index (χ3v) is 6.07. The molecule has 3 aromatic carbocycles. The van der Waals surface area contributed by atoms with Gasteiger partial charge in [-0.1, -0.05) is 49.7 Å². The van der Waals surface area contributed by atoms with Crippen LogP contribution in [0.25, 0.3) is 16.6 Å². The second-order valence-electron chi connectivity index (χ2n) is 8.99. The first-order chi connectivity index (χ1) is 17.9. The average molecular weight is 499 g/mol. The van der Waals surface area contributed by atoms with Gasteiger partial charge >= 0.3 is 5.69 Å². The van der Waals surface area contributed by atoms with E-state index in [1.807, 2.05) is 38.1 Å². The molecule has 4 rings (SSSR count). The minimum atomic E-state index is -0.598. The van der Waals surface area contributed by atoms with E-state index in [1.54, 1.807) is 48.5 Å². The maximum absolute atomic E-state index is 13.4. The van der Waals surface area contributed by atoms with Crippen LogP contribution in [0.3, 0.4) is 0 Å². The number of fused-ring (bicyclic) bond motifs is 1. The minimum absolute atomic E-state index is 0.142. The Morgan fingerprint density at radius 3 is 2.38 bits per heavy atom. The van der Waals surface area contributed by atoms with Gasteiger partial charge in [0.2, 0.25) is 11.8 Å². The van der Waals surface area contributed by atoms with Crippen molar-refractivity contribution in [2.75, 3.05) is 11.9 Å². The molecular formula is C29H30N4O4. The molecule has 0 unspecified atom stereocenters. The average Bonchev–Trinajstić information content (AvgIpc) is 2.88. The van der Waals surface area contributed by atoms with Gasteiger partial charge in [0.15, 0.2) is 0 Å². The summed E-state index contributed by atoms with van der Waals surface area (Å²) < 4.78 is 2.39. The molecule has 0 aliphatic heterocycles. The molecular weight excluding hydrogens is 468 g/mol. The fraction of sp³-hybridized carbons (Fsp3) is 0.241. The molecule has 0 atom stereocenters. The lowest BCUT2D eigenvalue weighted by molar-refractivity contribution is -0.121. The Bertz CT molecular complexity index is 1550. The van der Waals surface area contributed by atoms with Crippen LogP contribution < -0.4 is 21.9 Å². The summed E-state index contributed by atoms with van der Waals surface area (Å²) in [7, 11) is 0. The molecule has 8 nitrogen and oxygen atoms in total. The van der Waals surface area contributed by atoms with E-state index >= 15 is 0 Å². The Morgan fingerprint density at radius 1 is 0.892 bits per heavy atom. The number of anilines is 1. The van der Waals surface area contributed by atoms with Gasteiger partial charge in [-0.05, 0) is 60.9 Å². The van der Waals surface area contributed by atoms with E-state index in [0.717, 1.165) is 34.2 Å². The summed E-state index contributed by atoms with van der Waals surface area (Å²) in [5, 5.41) is 6.03. The van der Waals surface area contributed by atoms with Gasteiger partial charge in [0.1, 0.15) is 6.54 Å². The number of hydrogen-bond donors (Lipinski definition) is 2. The third kappa shape index (κ3) is 6.03. The van der Waals surface area contributed by atoms with E-state index in [9.17, 15) is 19.2 Å². The Balaban J connectivity index is 1.61. The molecule has 0 spiro atoms. The summed E-state index contributed by atoms with van der Waals surface area (Å²) in [4.78, 5) is 51.7. The molecule has 0 aliphatic carbocycles. The summed E-state index contributed by atoms with van der Waals surface area (Å²) in [6.45, 7) is 4.32. The van der Waals surface area contributed by atoms with Crippen LogP contribution in [0.4, 0.5) is 5.69 Å². The molecule has 8 heteroatoms. The molecule has 0 saturated heterocycles. The van der Waals surface area contributed by atoms with Crippen molar-refractivity contribution < 1.29 is 9.59 Å². The van der Waals surface area contributed by atoms with Gasteiger partial charge in [-0.2, -0.15) is 0 Å². The molecule has 1 aromatic heterocycles. The van der Waals surface area contributed by atoms with Crippen LogP contribution in [0.5, 0.6) is 0 Å². The topological polar surface area (TPSA) is 102 Å². The first-order valence-electron chi connectivity index (χ1n) is 12.3. The quantitative estimate of drug-likeness (QED) is 0.345. The van der Waals surface area contributed by atoms with E-state index in [-0.39, 0.29) is 24.8 Å². The van der Waals surface area contributed by atoms with E-state index in [0.29, 0.717) is 23.1 Å². The number of carbonyl (C=O) groups excluding carboxylic acids is 2. The predicted molar refractivity (Wildman–Crippen MR) is 145 cm³/mol. The molecule has 190 valence electrons. The summed E-state index contributed by atoms with van der Waals surface area (Å²) in [6, 6.07) is 21.0. The van der Waals surface area contributed by atoms with Crippen molar-refractivity contribution in [3.8, 4) is 5.69 Å². The first kappa shape index (κ1) is 25.6. The standard InChI is InChI=1S/C29H30N4O4/c1-3-4-16-30-27(35)19-32-25-11-6-5-10-24(25)28(36)33(29(32)37)23-14-12-21(13-15-23)18-26(34)31-22-9-7-8-20(2)17-22/h5-15,17H,3-4,16,18-19H2,1-2H3,(H,30,35)(H,31,34). The minimum Gasteiger partial charge on any atom is -0.355 e. The van der Waals surface area contributed by atoms with Crippen LogP contribution >= 0.6 is 0 Å². The normalized spacial score (nSPS) is 10.9. The number of rotatable bonds is 9. The van der Waals surface area contributed by atoms with Crippen LogP contribution in [-0.2, 0) is 22.6 Å². The zero-order chi connectivity index (χ0) is 26.4. The number of nitrogens with zero attached hydrogens (tertiary/aromatic N) is 2. The number of aryl methyl sites for hydroxylation is 1. The number of para-hydroxylation sites is 1.